The monoisotopic (exact) mass is 394 g/mol. The van der Waals surface area contributed by atoms with Crippen LogP contribution in [-0.2, 0) is 0 Å². The van der Waals surface area contributed by atoms with Crippen LogP contribution in [0.2, 0.25) is 0 Å². The number of nitrogens with one attached hydrogen (secondary N) is 1. The fraction of sp³-hybridized carbons (Fsp3) is 0.333. The Labute approximate surface area is 168 Å². The van der Waals surface area contributed by atoms with Crippen LogP contribution in [0, 0.1) is 17.0 Å². The van der Waals surface area contributed by atoms with Gasteiger partial charge in [0.25, 0.3) is 11.6 Å². The average molecular weight is 394 g/mol. The van der Waals surface area contributed by atoms with Gasteiger partial charge in [-0.25, -0.2) is 0 Å². The summed E-state index contributed by atoms with van der Waals surface area (Å²) < 4.78 is 5.97. The van der Waals surface area contributed by atoms with Gasteiger partial charge < -0.3 is 14.2 Å². The number of piperazine rings is 1. The Morgan fingerprint density at radius 3 is 2.52 bits per heavy atom. The van der Waals surface area contributed by atoms with Crippen molar-refractivity contribution in [3.63, 3.8) is 0 Å². The van der Waals surface area contributed by atoms with E-state index < -0.39 is 0 Å². The molecule has 0 aliphatic carbocycles. The number of aromatic nitrogens is 2. The van der Waals surface area contributed by atoms with E-state index >= 15 is 0 Å². The van der Waals surface area contributed by atoms with Crippen molar-refractivity contribution in [1.29, 1.82) is 0 Å². The molecule has 1 aromatic heterocycles. The number of nitrogens with zero attached hydrogens (tertiary/aromatic N) is 4. The molecule has 1 atom stereocenters. The number of aryl methyl sites for hydroxylation is 1. The Hall–Kier alpha value is -3.26. The number of quaternary nitrogens is 1. The lowest BCUT2D eigenvalue weighted by molar-refractivity contribution is -0.931. The van der Waals surface area contributed by atoms with Crippen LogP contribution in [0.5, 0.6) is 0 Å². The van der Waals surface area contributed by atoms with Crippen molar-refractivity contribution in [3.8, 4) is 11.5 Å². The second-order valence-electron chi connectivity index (χ2n) is 7.46. The van der Waals surface area contributed by atoms with Gasteiger partial charge in [-0.05, 0) is 38.1 Å². The first-order valence-corrected chi connectivity index (χ1v) is 9.75. The number of non-ortho nitro benzene ring substituents is 1. The number of nitro groups is 1. The first kappa shape index (κ1) is 19.1. The summed E-state index contributed by atoms with van der Waals surface area (Å²) in [5, 5.41) is 19.3. The highest BCUT2D eigenvalue weighted by molar-refractivity contribution is 5.53. The third kappa shape index (κ3) is 4.12. The minimum atomic E-state index is -0.372. The molecule has 8 heteroatoms. The third-order valence-electron chi connectivity index (χ3n) is 5.52. The molecule has 0 amide bonds. The standard InChI is InChI=1S/C21H23N5O3/c1-15-4-3-5-17(14-15)21-23-22-20(29-21)16(2)24-10-12-25(13-11-24)18-6-8-19(9-7-18)26(27)28/h3-9,14,16H,10-13H2,1-2H3/p+1/t16-/m0/s1. The van der Waals surface area contributed by atoms with Crippen LogP contribution in [0.3, 0.4) is 0 Å². The van der Waals surface area contributed by atoms with Crippen molar-refractivity contribution in [2.24, 2.45) is 0 Å². The maximum atomic E-state index is 10.8. The molecule has 29 heavy (non-hydrogen) atoms. The summed E-state index contributed by atoms with van der Waals surface area (Å²) in [5.74, 6) is 1.21. The summed E-state index contributed by atoms with van der Waals surface area (Å²) in [7, 11) is 0. The molecule has 0 radical (unpaired) electrons. The van der Waals surface area contributed by atoms with Gasteiger partial charge >= 0.3 is 0 Å². The smallest absolute Gasteiger partial charge is 0.274 e. The molecule has 1 aliphatic heterocycles. The molecule has 8 nitrogen and oxygen atoms in total. The molecule has 1 aliphatic rings. The zero-order valence-electron chi connectivity index (χ0n) is 16.5. The van der Waals surface area contributed by atoms with E-state index in [2.05, 4.69) is 22.0 Å². The third-order valence-corrected chi connectivity index (χ3v) is 5.52. The van der Waals surface area contributed by atoms with Crippen molar-refractivity contribution in [2.75, 3.05) is 31.1 Å². The Morgan fingerprint density at radius 1 is 1.14 bits per heavy atom. The number of anilines is 1. The molecule has 4 rings (SSSR count). The summed E-state index contributed by atoms with van der Waals surface area (Å²) in [5.41, 5.74) is 3.23. The van der Waals surface area contributed by atoms with Crippen LogP contribution >= 0.6 is 0 Å². The van der Waals surface area contributed by atoms with Crippen LogP contribution < -0.4 is 9.80 Å². The molecular weight excluding hydrogens is 370 g/mol. The van der Waals surface area contributed by atoms with Gasteiger partial charge in [-0.1, -0.05) is 17.7 Å². The normalized spacial score (nSPS) is 16.0. The topological polar surface area (TPSA) is 89.7 Å². The van der Waals surface area contributed by atoms with Crippen LogP contribution in [-0.4, -0.2) is 41.3 Å². The zero-order chi connectivity index (χ0) is 20.4. The Morgan fingerprint density at radius 2 is 1.86 bits per heavy atom. The number of nitro benzene ring substituents is 1. The van der Waals surface area contributed by atoms with E-state index in [1.165, 1.54) is 4.90 Å². The number of hydrogen-bond acceptors (Lipinski definition) is 6. The lowest BCUT2D eigenvalue weighted by atomic mass is 10.1. The quantitative estimate of drug-likeness (QED) is 0.528. The Kier molecular flexibility index (Phi) is 5.26. The molecule has 3 aromatic rings. The van der Waals surface area contributed by atoms with Crippen LogP contribution in [0.1, 0.15) is 24.4 Å². The second kappa shape index (κ2) is 8.00. The highest BCUT2D eigenvalue weighted by atomic mass is 16.6. The first-order chi connectivity index (χ1) is 14.0. The second-order valence-corrected chi connectivity index (χ2v) is 7.46. The molecule has 0 bridgehead atoms. The molecule has 1 fully saturated rings. The van der Waals surface area contributed by atoms with Gasteiger partial charge in [-0.15, -0.1) is 10.2 Å². The van der Waals surface area contributed by atoms with E-state index in [0.717, 1.165) is 43.0 Å². The summed E-state index contributed by atoms with van der Waals surface area (Å²) in [6.07, 6.45) is 0. The fourth-order valence-electron chi connectivity index (χ4n) is 3.75. The van der Waals surface area contributed by atoms with Gasteiger partial charge in [0.1, 0.15) is 0 Å². The predicted octanol–water partition coefficient (Wildman–Crippen LogP) is 2.42. The summed E-state index contributed by atoms with van der Waals surface area (Å²) in [6, 6.07) is 14.9. The minimum absolute atomic E-state index is 0.111. The van der Waals surface area contributed by atoms with Crippen molar-refractivity contribution in [2.45, 2.75) is 19.9 Å². The molecule has 2 heterocycles. The molecule has 150 valence electrons. The van der Waals surface area contributed by atoms with Crippen molar-refractivity contribution < 1.29 is 14.2 Å². The Balaban J connectivity index is 1.39. The molecule has 2 aromatic carbocycles. The van der Waals surface area contributed by atoms with E-state index in [-0.39, 0.29) is 16.7 Å². The zero-order valence-corrected chi connectivity index (χ0v) is 16.5. The lowest BCUT2D eigenvalue weighted by Gasteiger charge is -2.35. The highest BCUT2D eigenvalue weighted by Gasteiger charge is 2.29. The maximum absolute atomic E-state index is 10.8. The van der Waals surface area contributed by atoms with Gasteiger partial charge in [-0.2, -0.15) is 0 Å². The van der Waals surface area contributed by atoms with E-state index in [9.17, 15) is 10.1 Å². The van der Waals surface area contributed by atoms with Crippen molar-refractivity contribution in [3.05, 3.63) is 70.1 Å². The van der Waals surface area contributed by atoms with E-state index in [1.54, 1.807) is 12.1 Å². The highest BCUT2D eigenvalue weighted by Crippen LogP contribution is 2.22. The summed E-state index contributed by atoms with van der Waals surface area (Å²) in [4.78, 5) is 14.1. The SMILES string of the molecule is Cc1cccc(-c2nnc([C@H](C)[NH+]3CCN(c4ccc([N+](=O)[O-])cc4)CC3)o2)c1. The summed E-state index contributed by atoms with van der Waals surface area (Å²) in [6.45, 7) is 7.76. The maximum Gasteiger partial charge on any atom is 0.274 e. The fourth-order valence-corrected chi connectivity index (χ4v) is 3.75. The van der Waals surface area contributed by atoms with E-state index in [4.69, 9.17) is 4.42 Å². The molecule has 1 N–H and O–H groups in total. The molecule has 0 spiro atoms. The van der Waals surface area contributed by atoms with Crippen LogP contribution in [0.4, 0.5) is 11.4 Å². The van der Waals surface area contributed by atoms with Crippen molar-refractivity contribution >= 4 is 11.4 Å². The van der Waals surface area contributed by atoms with Gasteiger partial charge in [0.05, 0.1) is 31.1 Å². The predicted molar refractivity (Wildman–Crippen MR) is 109 cm³/mol. The molecular formula is C21H24N5O3+. The molecule has 1 saturated heterocycles. The number of rotatable bonds is 5. The lowest BCUT2D eigenvalue weighted by Crippen LogP contribution is -3.14. The van der Waals surface area contributed by atoms with E-state index in [0.29, 0.717) is 11.8 Å². The minimum Gasteiger partial charge on any atom is -0.415 e. The van der Waals surface area contributed by atoms with Gasteiger partial charge in [0.2, 0.25) is 5.89 Å². The number of hydrogen-bond donors (Lipinski definition) is 1. The molecule has 0 saturated carbocycles. The van der Waals surface area contributed by atoms with Gasteiger partial charge in [0, 0.05) is 23.4 Å². The summed E-state index contributed by atoms with van der Waals surface area (Å²) >= 11 is 0. The van der Waals surface area contributed by atoms with E-state index in [1.807, 2.05) is 43.3 Å². The van der Waals surface area contributed by atoms with Crippen LogP contribution in [0.15, 0.2) is 52.9 Å². The molecule has 0 unspecified atom stereocenters. The van der Waals surface area contributed by atoms with Gasteiger partial charge in [-0.3, -0.25) is 10.1 Å². The first-order valence-electron chi connectivity index (χ1n) is 9.75. The van der Waals surface area contributed by atoms with Crippen molar-refractivity contribution in [1.82, 2.24) is 10.2 Å². The van der Waals surface area contributed by atoms with Gasteiger partial charge in [0.15, 0.2) is 6.04 Å². The largest absolute Gasteiger partial charge is 0.415 e. The van der Waals surface area contributed by atoms with Crippen LogP contribution in [0.25, 0.3) is 11.5 Å². The average Bonchev–Trinajstić information content (AvgIpc) is 3.24. The Bertz CT molecular complexity index is 994. The number of benzene rings is 2.